The zero-order chi connectivity index (χ0) is 19.1. The van der Waals surface area contributed by atoms with Crippen molar-refractivity contribution in [3.05, 3.63) is 30.1 Å². The molecule has 1 aromatic heterocycles. The largest absolute Gasteiger partial charge is 0.350 e. The van der Waals surface area contributed by atoms with Gasteiger partial charge in [-0.25, -0.2) is 0 Å². The van der Waals surface area contributed by atoms with Gasteiger partial charge in [0, 0.05) is 51.5 Å². The molecule has 1 fully saturated rings. The van der Waals surface area contributed by atoms with E-state index in [9.17, 15) is 9.59 Å². The Bertz CT molecular complexity index is 726. The molecule has 2 aliphatic heterocycles. The molecule has 0 bridgehead atoms. The van der Waals surface area contributed by atoms with E-state index in [1.54, 1.807) is 24.4 Å². The van der Waals surface area contributed by atoms with Crippen molar-refractivity contribution in [1.82, 2.24) is 15.2 Å². The third-order valence-corrected chi connectivity index (χ3v) is 5.21. The lowest BCUT2D eigenvalue weighted by Crippen LogP contribution is -2.41. The maximum Gasteiger partial charge on any atom is 0.269 e. The van der Waals surface area contributed by atoms with Crippen LogP contribution in [0.1, 0.15) is 49.0 Å². The average molecular weight is 367 g/mol. The van der Waals surface area contributed by atoms with Crippen molar-refractivity contribution in [1.29, 1.82) is 0 Å². The molecule has 2 aliphatic rings. The Morgan fingerprint density at radius 2 is 2.04 bits per heavy atom. The number of hydrogen-bond acceptors (Lipinski definition) is 5. The molecule has 3 rings (SSSR count). The van der Waals surface area contributed by atoms with Gasteiger partial charge >= 0.3 is 0 Å². The monoisotopic (exact) mass is 367 g/mol. The number of piperidine rings is 1. The zero-order valence-corrected chi connectivity index (χ0v) is 15.4. The quantitative estimate of drug-likeness (QED) is 0.716. The SMILES string of the molecule is C#CCCC1(CCC(=O)N2CCC(CNC(=O)c3ccccn3)CC2)N=N1. The first kappa shape index (κ1) is 19.0. The first-order valence-electron chi connectivity index (χ1n) is 9.46. The summed E-state index contributed by atoms with van der Waals surface area (Å²) in [5.41, 5.74) is 0.0376. The average Bonchev–Trinajstić information content (AvgIpc) is 3.50. The molecule has 27 heavy (non-hydrogen) atoms. The molecule has 3 heterocycles. The highest BCUT2D eigenvalue weighted by atomic mass is 16.2. The third-order valence-electron chi connectivity index (χ3n) is 5.21. The number of likely N-dealkylation sites (tertiary alicyclic amines) is 1. The molecule has 0 aromatic carbocycles. The van der Waals surface area contributed by atoms with Crippen LogP contribution in [0.4, 0.5) is 0 Å². The second-order valence-electron chi connectivity index (χ2n) is 7.14. The van der Waals surface area contributed by atoms with Crippen molar-refractivity contribution >= 4 is 11.8 Å². The van der Waals surface area contributed by atoms with Crippen LogP contribution < -0.4 is 5.32 Å². The number of nitrogens with one attached hydrogen (secondary N) is 1. The van der Waals surface area contributed by atoms with Crippen molar-refractivity contribution in [3.8, 4) is 12.3 Å². The van der Waals surface area contributed by atoms with Crippen molar-refractivity contribution in [2.24, 2.45) is 16.1 Å². The normalized spacial score (nSPS) is 18.0. The number of pyridine rings is 1. The molecule has 0 radical (unpaired) electrons. The molecule has 0 aliphatic carbocycles. The van der Waals surface area contributed by atoms with E-state index in [1.807, 2.05) is 4.90 Å². The lowest BCUT2D eigenvalue weighted by atomic mass is 9.95. The highest BCUT2D eigenvalue weighted by Gasteiger charge is 2.39. The second kappa shape index (κ2) is 8.76. The smallest absolute Gasteiger partial charge is 0.269 e. The lowest BCUT2D eigenvalue weighted by molar-refractivity contribution is -0.132. The second-order valence-corrected chi connectivity index (χ2v) is 7.14. The van der Waals surface area contributed by atoms with Crippen molar-refractivity contribution in [2.45, 2.75) is 44.2 Å². The fourth-order valence-corrected chi connectivity index (χ4v) is 3.34. The Morgan fingerprint density at radius 3 is 2.67 bits per heavy atom. The zero-order valence-electron chi connectivity index (χ0n) is 15.4. The molecule has 2 amide bonds. The van der Waals surface area contributed by atoms with Gasteiger partial charge in [0.05, 0.1) is 0 Å². The summed E-state index contributed by atoms with van der Waals surface area (Å²) in [5, 5.41) is 11.1. The molecule has 142 valence electrons. The van der Waals surface area contributed by atoms with Crippen LogP contribution in [0.25, 0.3) is 0 Å². The van der Waals surface area contributed by atoms with Gasteiger partial charge in [-0.3, -0.25) is 14.6 Å². The van der Waals surface area contributed by atoms with Crippen molar-refractivity contribution in [2.75, 3.05) is 19.6 Å². The molecule has 0 atom stereocenters. The number of carbonyl (C=O) groups is 2. The minimum atomic E-state index is -0.393. The summed E-state index contributed by atoms with van der Waals surface area (Å²) in [6, 6.07) is 5.28. The van der Waals surface area contributed by atoms with E-state index >= 15 is 0 Å². The Morgan fingerprint density at radius 1 is 1.26 bits per heavy atom. The maximum atomic E-state index is 12.4. The summed E-state index contributed by atoms with van der Waals surface area (Å²) in [6.07, 6.45) is 11.2. The van der Waals surface area contributed by atoms with Gasteiger partial charge in [0.1, 0.15) is 5.69 Å². The summed E-state index contributed by atoms with van der Waals surface area (Å²) in [6.45, 7) is 2.08. The van der Waals surface area contributed by atoms with Crippen LogP contribution in [0.3, 0.4) is 0 Å². The summed E-state index contributed by atoms with van der Waals surface area (Å²) in [4.78, 5) is 30.4. The number of nitrogens with zero attached hydrogens (tertiary/aromatic N) is 4. The van der Waals surface area contributed by atoms with Crippen LogP contribution in [0, 0.1) is 18.3 Å². The summed E-state index contributed by atoms with van der Waals surface area (Å²) in [5.74, 6) is 2.99. The summed E-state index contributed by atoms with van der Waals surface area (Å²) in [7, 11) is 0. The first-order valence-corrected chi connectivity index (χ1v) is 9.46. The fourth-order valence-electron chi connectivity index (χ4n) is 3.34. The standard InChI is InChI=1S/C20H25N5O2/c1-2-3-10-20(23-24-20)11-7-18(26)25-13-8-16(9-14-25)15-22-19(27)17-6-4-5-12-21-17/h1,4-6,12,16H,3,7-11,13-15H2,(H,22,27). The van der Waals surface area contributed by atoms with Crippen LogP contribution in [-0.4, -0.2) is 47.0 Å². The number of terminal acetylenes is 1. The van der Waals surface area contributed by atoms with Crippen LogP contribution in [0.15, 0.2) is 34.6 Å². The number of carbonyl (C=O) groups excluding carboxylic acids is 2. The maximum absolute atomic E-state index is 12.4. The van der Waals surface area contributed by atoms with Crippen LogP contribution in [0.5, 0.6) is 0 Å². The number of rotatable bonds is 8. The third kappa shape index (κ3) is 5.36. The van der Waals surface area contributed by atoms with E-state index in [-0.39, 0.29) is 11.8 Å². The van der Waals surface area contributed by atoms with Gasteiger partial charge in [-0.2, -0.15) is 10.2 Å². The molecule has 1 N–H and O–H groups in total. The molecule has 7 nitrogen and oxygen atoms in total. The molecule has 0 unspecified atom stereocenters. The van der Waals surface area contributed by atoms with Gasteiger partial charge in [0.25, 0.3) is 5.91 Å². The summed E-state index contributed by atoms with van der Waals surface area (Å²) >= 11 is 0. The Hall–Kier alpha value is -2.75. The molecule has 0 saturated carbocycles. The van der Waals surface area contributed by atoms with Crippen LogP contribution >= 0.6 is 0 Å². The Kier molecular flexibility index (Phi) is 6.17. The minimum absolute atomic E-state index is 0.150. The van der Waals surface area contributed by atoms with Crippen molar-refractivity contribution in [3.63, 3.8) is 0 Å². The summed E-state index contributed by atoms with van der Waals surface area (Å²) < 4.78 is 0. The molecule has 0 spiro atoms. The van der Waals surface area contributed by atoms with E-state index in [0.717, 1.165) is 32.4 Å². The minimum Gasteiger partial charge on any atom is -0.350 e. The van der Waals surface area contributed by atoms with Gasteiger partial charge in [-0.15, -0.1) is 12.3 Å². The van der Waals surface area contributed by atoms with Gasteiger partial charge in [-0.1, -0.05) is 6.07 Å². The Labute approximate surface area is 159 Å². The lowest BCUT2D eigenvalue weighted by Gasteiger charge is -2.32. The molecular formula is C20H25N5O2. The van der Waals surface area contributed by atoms with Crippen molar-refractivity contribution < 1.29 is 9.59 Å². The Balaban J connectivity index is 1.34. The van der Waals surface area contributed by atoms with E-state index < -0.39 is 5.66 Å². The number of hydrogen-bond donors (Lipinski definition) is 1. The van der Waals surface area contributed by atoms with E-state index in [0.29, 0.717) is 37.4 Å². The van der Waals surface area contributed by atoms with E-state index in [1.165, 1.54) is 0 Å². The topological polar surface area (TPSA) is 87.0 Å². The predicted molar refractivity (Wildman–Crippen MR) is 101 cm³/mol. The predicted octanol–water partition coefficient (Wildman–Crippen LogP) is 2.41. The van der Waals surface area contributed by atoms with Gasteiger partial charge in [0.2, 0.25) is 5.91 Å². The molecule has 7 heteroatoms. The highest BCUT2D eigenvalue weighted by molar-refractivity contribution is 5.92. The van der Waals surface area contributed by atoms with Crippen LogP contribution in [0.2, 0.25) is 0 Å². The van der Waals surface area contributed by atoms with Crippen LogP contribution in [-0.2, 0) is 4.79 Å². The highest BCUT2D eigenvalue weighted by Crippen LogP contribution is 2.37. The number of amides is 2. The fraction of sp³-hybridized carbons (Fsp3) is 0.550. The number of aromatic nitrogens is 1. The van der Waals surface area contributed by atoms with Gasteiger partial charge in [-0.05, 0) is 30.9 Å². The first-order chi connectivity index (χ1) is 13.1. The van der Waals surface area contributed by atoms with E-state index in [2.05, 4.69) is 26.4 Å². The van der Waals surface area contributed by atoms with Gasteiger partial charge < -0.3 is 10.2 Å². The molecular weight excluding hydrogens is 342 g/mol. The van der Waals surface area contributed by atoms with E-state index in [4.69, 9.17) is 6.42 Å². The molecule has 1 saturated heterocycles. The molecule has 1 aromatic rings. The van der Waals surface area contributed by atoms with Gasteiger partial charge in [0.15, 0.2) is 5.66 Å².